The van der Waals surface area contributed by atoms with E-state index >= 15 is 0 Å². The highest BCUT2D eigenvalue weighted by Gasteiger charge is 2.60. The van der Waals surface area contributed by atoms with Gasteiger partial charge in [0.2, 0.25) is 0 Å². The maximum atomic E-state index is 9.06. The Bertz CT molecular complexity index is 708. The number of carbonyl (C=O) groups excluding carboxylic acids is 1. The molecule has 0 radical (unpaired) electrons. The summed E-state index contributed by atoms with van der Waals surface area (Å²) in [5.41, 5.74) is 1.29. The summed E-state index contributed by atoms with van der Waals surface area (Å²) >= 11 is 0. The molecule has 4 rings (SSSR count). The quantitative estimate of drug-likeness (QED) is 0.245. The van der Waals surface area contributed by atoms with Crippen molar-refractivity contribution in [2.75, 3.05) is 14.1 Å². The summed E-state index contributed by atoms with van der Waals surface area (Å²) in [5, 5.41) is 0. The van der Waals surface area contributed by atoms with E-state index in [1.54, 1.807) is 19.3 Å². The van der Waals surface area contributed by atoms with E-state index in [0.717, 1.165) is 53.4 Å². The predicted octanol–water partition coefficient (Wildman–Crippen LogP) is 9.05. The zero-order chi connectivity index (χ0) is 26.7. The summed E-state index contributed by atoms with van der Waals surface area (Å²) in [7, 11) is 4.63. The minimum absolute atomic E-state index is 0.639. The summed E-state index contributed by atoms with van der Waals surface area (Å²) in [6.07, 6.45) is 19.8. The summed E-state index contributed by atoms with van der Waals surface area (Å²) in [6.45, 7) is 18.5. The lowest BCUT2D eigenvalue weighted by Gasteiger charge is -2.61. The van der Waals surface area contributed by atoms with Crippen LogP contribution in [0.5, 0.6) is 0 Å². The highest BCUT2D eigenvalue weighted by atomic mass is 16.1. The number of carbonyl (C=O) groups is 1. The summed E-state index contributed by atoms with van der Waals surface area (Å²) in [4.78, 5) is 11.6. The molecule has 36 heavy (non-hydrogen) atoms. The average molecular weight is 500 g/mol. The van der Waals surface area contributed by atoms with Crippen LogP contribution >= 0.6 is 0 Å². The molecule has 9 unspecified atom stereocenters. The van der Waals surface area contributed by atoms with Crippen LogP contribution in [-0.4, -0.2) is 31.3 Å². The zero-order valence-corrected chi connectivity index (χ0v) is 25.4. The summed E-state index contributed by atoms with van der Waals surface area (Å²) in [6, 6.07) is 0.841. The lowest BCUT2D eigenvalue weighted by Crippen LogP contribution is -2.55. The lowest BCUT2D eigenvalue weighted by atomic mass is 9.44. The standard InChI is InChI=1S/C31H57N.C3H4O/c1-9-23(21(2)3)11-10-22(4)27-14-15-28-26-13-12-24-20-25(32(7)8)16-18-30(24,5)29(26)17-19-31(27,28)6;1-2-3-4/h21-29H,9-20H2,1-8H3;2-3H,1H2/t22-,23?,24?,25?,26?,27?,28?,29?,30?,31?;/m1./s1. The Labute approximate surface area is 225 Å². The van der Waals surface area contributed by atoms with Crippen molar-refractivity contribution in [2.24, 2.45) is 58.2 Å². The molecule has 0 aliphatic heterocycles. The van der Waals surface area contributed by atoms with Crippen molar-refractivity contribution in [3.05, 3.63) is 12.7 Å². The fourth-order valence-corrected chi connectivity index (χ4v) is 10.4. The molecule has 0 spiro atoms. The molecule has 0 heterocycles. The van der Waals surface area contributed by atoms with Gasteiger partial charge in [0, 0.05) is 6.04 Å². The number of hydrogen-bond donors (Lipinski definition) is 0. The van der Waals surface area contributed by atoms with Crippen molar-refractivity contribution in [3.63, 3.8) is 0 Å². The van der Waals surface area contributed by atoms with E-state index < -0.39 is 0 Å². The van der Waals surface area contributed by atoms with E-state index in [4.69, 9.17) is 4.79 Å². The van der Waals surface area contributed by atoms with Crippen LogP contribution in [-0.2, 0) is 4.79 Å². The summed E-state index contributed by atoms with van der Waals surface area (Å²) in [5.74, 6) is 7.81. The van der Waals surface area contributed by atoms with Gasteiger partial charge in [0.05, 0.1) is 0 Å². The maximum absolute atomic E-state index is 9.06. The zero-order valence-electron chi connectivity index (χ0n) is 25.4. The number of hydrogen-bond acceptors (Lipinski definition) is 2. The first-order valence-corrected chi connectivity index (χ1v) is 15.8. The van der Waals surface area contributed by atoms with E-state index in [2.05, 4.69) is 67.1 Å². The van der Waals surface area contributed by atoms with Crippen molar-refractivity contribution in [2.45, 2.75) is 125 Å². The van der Waals surface area contributed by atoms with Gasteiger partial charge in [-0.15, -0.1) is 0 Å². The number of rotatable bonds is 8. The second kappa shape index (κ2) is 12.5. The number of aldehydes is 1. The normalized spacial score (nSPS) is 41.4. The van der Waals surface area contributed by atoms with Crippen LogP contribution < -0.4 is 0 Å². The summed E-state index contributed by atoms with van der Waals surface area (Å²) < 4.78 is 0. The number of nitrogens with zero attached hydrogens (tertiary/aromatic N) is 1. The van der Waals surface area contributed by atoms with Gasteiger partial charge in [-0.2, -0.15) is 0 Å². The van der Waals surface area contributed by atoms with Crippen LogP contribution in [0.1, 0.15) is 119 Å². The van der Waals surface area contributed by atoms with Crippen LogP contribution in [0.3, 0.4) is 0 Å². The van der Waals surface area contributed by atoms with Crippen LogP contribution in [0.25, 0.3) is 0 Å². The molecule has 208 valence electrons. The molecule has 4 aliphatic rings. The topological polar surface area (TPSA) is 20.3 Å². The van der Waals surface area contributed by atoms with Crippen molar-refractivity contribution in [3.8, 4) is 0 Å². The molecule has 0 aromatic heterocycles. The fourth-order valence-electron chi connectivity index (χ4n) is 10.4. The minimum atomic E-state index is 0.639. The van der Waals surface area contributed by atoms with Gasteiger partial charge in [-0.25, -0.2) is 0 Å². The molecule has 4 saturated carbocycles. The van der Waals surface area contributed by atoms with Crippen LogP contribution in [0.2, 0.25) is 0 Å². The largest absolute Gasteiger partial charge is 0.306 e. The van der Waals surface area contributed by atoms with Gasteiger partial charge in [-0.3, -0.25) is 4.79 Å². The van der Waals surface area contributed by atoms with E-state index in [1.165, 1.54) is 63.9 Å². The van der Waals surface area contributed by atoms with Crippen molar-refractivity contribution in [1.82, 2.24) is 4.90 Å². The van der Waals surface area contributed by atoms with E-state index in [9.17, 15) is 0 Å². The number of fused-ring (bicyclic) bond motifs is 5. The van der Waals surface area contributed by atoms with E-state index in [-0.39, 0.29) is 0 Å². The van der Waals surface area contributed by atoms with Crippen LogP contribution in [0.4, 0.5) is 0 Å². The second-order valence-corrected chi connectivity index (χ2v) is 14.6. The second-order valence-electron chi connectivity index (χ2n) is 14.6. The first kappa shape index (κ1) is 29.9. The van der Waals surface area contributed by atoms with Gasteiger partial charge in [-0.05, 0) is 143 Å². The maximum Gasteiger partial charge on any atom is 0.142 e. The molecular formula is C34H61NO. The highest BCUT2D eigenvalue weighted by molar-refractivity contribution is 5.63. The molecule has 0 aromatic rings. The molecule has 2 heteroatoms. The van der Waals surface area contributed by atoms with Gasteiger partial charge in [-0.1, -0.05) is 61.0 Å². The molecule has 10 atom stereocenters. The SMILES string of the molecule is C=CC=O.CCC(CC[C@@H](C)C1CCC2C3CCC4CC(N(C)C)CCC4(C)C3CCC21C)C(C)C. The predicted molar refractivity (Wildman–Crippen MR) is 156 cm³/mol. The number of allylic oxidation sites excluding steroid dienone is 1. The Kier molecular flexibility index (Phi) is 10.4. The molecule has 4 fully saturated rings. The Balaban J connectivity index is 0.000000840. The Morgan fingerprint density at radius 1 is 0.917 bits per heavy atom. The third-order valence-corrected chi connectivity index (χ3v) is 12.7. The van der Waals surface area contributed by atoms with Gasteiger partial charge < -0.3 is 4.90 Å². The van der Waals surface area contributed by atoms with Crippen molar-refractivity contribution in [1.29, 1.82) is 0 Å². The molecular weight excluding hydrogens is 438 g/mol. The first-order chi connectivity index (χ1) is 17.0. The smallest absolute Gasteiger partial charge is 0.142 e. The van der Waals surface area contributed by atoms with Gasteiger partial charge >= 0.3 is 0 Å². The van der Waals surface area contributed by atoms with E-state index in [1.807, 2.05) is 0 Å². The monoisotopic (exact) mass is 499 g/mol. The van der Waals surface area contributed by atoms with E-state index in [0.29, 0.717) is 17.1 Å². The molecule has 2 nitrogen and oxygen atoms in total. The molecule has 4 aliphatic carbocycles. The van der Waals surface area contributed by atoms with Gasteiger partial charge in [0.1, 0.15) is 6.29 Å². The average Bonchev–Trinajstić information content (AvgIpc) is 3.21. The molecule has 0 saturated heterocycles. The fraction of sp³-hybridized carbons (Fsp3) is 0.912. The molecule has 0 aromatic carbocycles. The highest BCUT2D eigenvalue weighted by Crippen LogP contribution is 2.68. The lowest BCUT2D eigenvalue weighted by molar-refractivity contribution is -0.122. The third kappa shape index (κ3) is 5.84. The molecule has 0 bridgehead atoms. The Morgan fingerprint density at radius 2 is 1.56 bits per heavy atom. The van der Waals surface area contributed by atoms with Crippen molar-refractivity contribution >= 4 is 6.29 Å². The Morgan fingerprint density at radius 3 is 2.14 bits per heavy atom. The molecule has 0 amide bonds. The van der Waals surface area contributed by atoms with Crippen LogP contribution in [0.15, 0.2) is 12.7 Å². The molecule has 0 N–H and O–H groups in total. The third-order valence-electron chi connectivity index (χ3n) is 12.7. The minimum Gasteiger partial charge on any atom is -0.306 e. The van der Waals surface area contributed by atoms with Gasteiger partial charge in [0.15, 0.2) is 0 Å². The van der Waals surface area contributed by atoms with Crippen LogP contribution in [0, 0.1) is 58.2 Å². The Hall–Kier alpha value is -0.630. The van der Waals surface area contributed by atoms with Gasteiger partial charge in [0.25, 0.3) is 0 Å². The van der Waals surface area contributed by atoms with Crippen molar-refractivity contribution < 1.29 is 4.79 Å². The first-order valence-electron chi connectivity index (χ1n) is 15.8.